The molecule has 1 nitrogen and oxygen atoms in total. The Morgan fingerprint density at radius 2 is 2.17 bits per heavy atom. The van der Waals surface area contributed by atoms with Crippen LogP contribution in [0.2, 0.25) is 5.02 Å². The zero-order chi connectivity index (χ0) is 13.0. The highest BCUT2D eigenvalue weighted by atomic mass is 79.9. The SMILES string of the molecule is CCCNCc1cc(Cl)ccc1-c1sccc1Br. The zero-order valence-electron chi connectivity index (χ0n) is 10.2. The molecular formula is C14H15BrClNS. The van der Waals surface area contributed by atoms with E-state index in [0.29, 0.717) is 0 Å². The quantitative estimate of drug-likeness (QED) is 0.723. The van der Waals surface area contributed by atoms with Crippen LogP contribution in [0.4, 0.5) is 0 Å². The summed E-state index contributed by atoms with van der Waals surface area (Å²) in [4.78, 5) is 1.26. The van der Waals surface area contributed by atoms with Crippen molar-refractivity contribution in [1.29, 1.82) is 0 Å². The predicted octanol–water partition coefficient (Wildman–Crippen LogP) is 5.33. The summed E-state index contributed by atoms with van der Waals surface area (Å²) < 4.78 is 1.14. The summed E-state index contributed by atoms with van der Waals surface area (Å²) in [5.74, 6) is 0. The maximum atomic E-state index is 6.09. The molecule has 0 amide bonds. The Hall–Kier alpha value is -0.350. The normalized spacial score (nSPS) is 10.8. The Morgan fingerprint density at radius 1 is 1.33 bits per heavy atom. The fourth-order valence-corrected chi connectivity index (χ4v) is 3.66. The van der Waals surface area contributed by atoms with E-state index in [1.807, 2.05) is 12.1 Å². The van der Waals surface area contributed by atoms with Gasteiger partial charge in [0.2, 0.25) is 0 Å². The number of hydrogen-bond donors (Lipinski definition) is 1. The third-order valence-electron chi connectivity index (χ3n) is 2.67. The molecule has 0 radical (unpaired) electrons. The Morgan fingerprint density at radius 3 is 2.83 bits per heavy atom. The van der Waals surface area contributed by atoms with E-state index < -0.39 is 0 Å². The molecule has 0 unspecified atom stereocenters. The Bertz CT molecular complexity index is 524. The van der Waals surface area contributed by atoms with Crippen LogP contribution in [0.3, 0.4) is 0 Å². The number of nitrogens with one attached hydrogen (secondary N) is 1. The minimum Gasteiger partial charge on any atom is -0.313 e. The van der Waals surface area contributed by atoms with Crippen molar-refractivity contribution in [1.82, 2.24) is 5.32 Å². The Kier molecular flexibility index (Phi) is 5.25. The lowest BCUT2D eigenvalue weighted by molar-refractivity contribution is 0.676. The molecule has 18 heavy (non-hydrogen) atoms. The summed E-state index contributed by atoms with van der Waals surface area (Å²) in [5.41, 5.74) is 2.50. The van der Waals surface area contributed by atoms with Gasteiger partial charge in [-0.3, -0.25) is 0 Å². The molecule has 1 N–H and O–H groups in total. The van der Waals surface area contributed by atoms with Crippen molar-refractivity contribution in [3.8, 4) is 10.4 Å². The Balaban J connectivity index is 2.32. The average molecular weight is 345 g/mol. The molecule has 1 aromatic carbocycles. The number of thiophene rings is 1. The van der Waals surface area contributed by atoms with E-state index in [1.54, 1.807) is 11.3 Å². The van der Waals surface area contributed by atoms with Crippen LogP contribution in [0.5, 0.6) is 0 Å². The van der Waals surface area contributed by atoms with Gasteiger partial charge in [0.15, 0.2) is 0 Å². The maximum Gasteiger partial charge on any atom is 0.0488 e. The van der Waals surface area contributed by atoms with Crippen molar-refractivity contribution >= 4 is 38.9 Å². The first-order valence-corrected chi connectivity index (χ1v) is 8.00. The van der Waals surface area contributed by atoms with Crippen LogP contribution in [-0.2, 0) is 6.54 Å². The minimum atomic E-state index is 0.791. The molecule has 0 atom stereocenters. The number of hydrogen-bond acceptors (Lipinski definition) is 2. The molecule has 0 saturated carbocycles. The molecule has 2 rings (SSSR count). The summed E-state index contributed by atoms with van der Waals surface area (Å²) in [7, 11) is 0. The molecule has 1 heterocycles. The van der Waals surface area contributed by atoms with Crippen LogP contribution in [0.25, 0.3) is 10.4 Å². The first kappa shape index (κ1) is 14.1. The van der Waals surface area contributed by atoms with Gasteiger partial charge in [0.05, 0.1) is 0 Å². The molecule has 2 aromatic rings. The topological polar surface area (TPSA) is 12.0 Å². The van der Waals surface area contributed by atoms with Gasteiger partial charge >= 0.3 is 0 Å². The van der Waals surface area contributed by atoms with Gasteiger partial charge < -0.3 is 5.32 Å². The van der Waals surface area contributed by atoms with Crippen LogP contribution in [0, 0.1) is 0 Å². The Labute approximate surface area is 125 Å². The summed E-state index contributed by atoms with van der Waals surface area (Å²) in [6, 6.07) is 8.18. The van der Waals surface area contributed by atoms with Crippen LogP contribution in [0.15, 0.2) is 34.1 Å². The minimum absolute atomic E-state index is 0.791. The summed E-state index contributed by atoms with van der Waals surface area (Å²) in [5, 5.41) is 6.32. The molecule has 0 aliphatic heterocycles. The monoisotopic (exact) mass is 343 g/mol. The van der Waals surface area contributed by atoms with Crippen LogP contribution < -0.4 is 5.32 Å². The molecule has 0 saturated heterocycles. The first-order valence-electron chi connectivity index (χ1n) is 5.95. The van der Waals surface area contributed by atoms with Crippen LogP contribution in [0.1, 0.15) is 18.9 Å². The number of benzene rings is 1. The van der Waals surface area contributed by atoms with E-state index >= 15 is 0 Å². The molecular weight excluding hydrogens is 330 g/mol. The lowest BCUT2D eigenvalue weighted by atomic mass is 10.1. The van der Waals surface area contributed by atoms with Gasteiger partial charge in [0.1, 0.15) is 0 Å². The summed E-state index contributed by atoms with van der Waals surface area (Å²) >= 11 is 11.4. The van der Waals surface area contributed by atoms with Gasteiger partial charge in [-0.05, 0) is 63.6 Å². The standard InChI is InChI=1S/C14H15BrClNS/c1-2-6-17-9-10-8-11(16)3-4-12(10)14-13(15)5-7-18-14/h3-5,7-8,17H,2,6,9H2,1H3. The predicted molar refractivity (Wildman–Crippen MR) is 84.5 cm³/mol. The van der Waals surface area contributed by atoms with Crippen molar-refractivity contribution in [3.63, 3.8) is 0 Å². The number of rotatable bonds is 5. The van der Waals surface area contributed by atoms with Gasteiger partial charge in [0, 0.05) is 20.9 Å². The fraction of sp³-hybridized carbons (Fsp3) is 0.286. The van der Waals surface area contributed by atoms with Gasteiger partial charge in [-0.25, -0.2) is 0 Å². The maximum absolute atomic E-state index is 6.09. The highest BCUT2D eigenvalue weighted by Gasteiger charge is 2.10. The molecule has 0 spiro atoms. The zero-order valence-corrected chi connectivity index (χ0v) is 13.3. The van der Waals surface area contributed by atoms with E-state index in [1.165, 1.54) is 16.0 Å². The van der Waals surface area contributed by atoms with E-state index in [2.05, 4.69) is 45.7 Å². The third-order valence-corrected chi connectivity index (χ3v) is 4.78. The first-order chi connectivity index (χ1) is 8.72. The lowest BCUT2D eigenvalue weighted by Crippen LogP contribution is -2.14. The van der Waals surface area contributed by atoms with E-state index in [0.717, 1.165) is 29.0 Å². The van der Waals surface area contributed by atoms with Gasteiger partial charge in [0.25, 0.3) is 0 Å². The van der Waals surface area contributed by atoms with Gasteiger partial charge in [-0.1, -0.05) is 24.6 Å². The molecule has 0 aliphatic carbocycles. The van der Waals surface area contributed by atoms with Crippen molar-refractivity contribution in [2.45, 2.75) is 19.9 Å². The van der Waals surface area contributed by atoms with Gasteiger partial charge in [-0.2, -0.15) is 0 Å². The highest BCUT2D eigenvalue weighted by molar-refractivity contribution is 9.10. The number of halogens is 2. The van der Waals surface area contributed by atoms with E-state index in [9.17, 15) is 0 Å². The smallest absolute Gasteiger partial charge is 0.0488 e. The molecule has 1 aromatic heterocycles. The van der Waals surface area contributed by atoms with Crippen molar-refractivity contribution in [2.24, 2.45) is 0 Å². The molecule has 0 fully saturated rings. The largest absolute Gasteiger partial charge is 0.313 e. The van der Waals surface area contributed by atoms with Gasteiger partial charge in [-0.15, -0.1) is 11.3 Å². The van der Waals surface area contributed by atoms with Crippen molar-refractivity contribution < 1.29 is 0 Å². The molecule has 0 aliphatic rings. The molecule has 96 valence electrons. The van der Waals surface area contributed by atoms with Crippen molar-refractivity contribution in [3.05, 3.63) is 44.7 Å². The van der Waals surface area contributed by atoms with Crippen LogP contribution >= 0.6 is 38.9 Å². The van der Waals surface area contributed by atoms with E-state index in [4.69, 9.17) is 11.6 Å². The molecule has 4 heteroatoms. The molecule has 0 bridgehead atoms. The second-order valence-electron chi connectivity index (χ2n) is 4.08. The second kappa shape index (κ2) is 6.71. The third kappa shape index (κ3) is 3.35. The highest BCUT2D eigenvalue weighted by Crippen LogP contribution is 2.36. The van der Waals surface area contributed by atoms with Crippen molar-refractivity contribution in [2.75, 3.05) is 6.54 Å². The average Bonchev–Trinajstić information content (AvgIpc) is 2.76. The summed E-state index contributed by atoms with van der Waals surface area (Å²) in [6.07, 6.45) is 1.14. The van der Waals surface area contributed by atoms with E-state index in [-0.39, 0.29) is 0 Å². The lowest BCUT2D eigenvalue weighted by Gasteiger charge is -2.10. The fourth-order valence-electron chi connectivity index (χ4n) is 1.82. The van der Waals surface area contributed by atoms with Crippen LogP contribution in [-0.4, -0.2) is 6.54 Å². The second-order valence-corrected chi connectivity index (χ2v) is 6.28. The summed E-state index contributed by atoms with van der Waals surface area (Å²) in [6.45, 7) is 4.05.